The first-order valence-electron chi connectivity index (χ1n) is 10.1. The van der Waals surface area contributed by atoms with Crippen LogP contribution in [0, 0.1) is 12.8 Å². The molecule has 1 fully saturated rings. The molecular weight excluding hydrogens is 388 g/mol. The highest BCUT2D eigenvalue weighted by Crippen LogP contribution is 2.28. The number of nitrogens with zero attached hydrogens (tertiary/aromatic N) is 3. The Balaban J connectivity index is 1.52. The Kier molecular flexibility index (Phi) is 7.41. The second-order valence-corrected chi connectivity index (χ2v) is 8.57. The number of benzene rings is 1. The Bertz CT molecular complexity index is 839. The monoisotopic (exact) mass is 418 g/mol. The van der Waals surface area contributed by atoms with Gasteiger partial charge in [-0.3, -0.25) is 4.79 Å². The average Bonchev–Trinajstić information content (AvgIpc) is 3.06. The molecule has 3 rings (SSSR count). The highest BCUT2D eigenvalue weighted by Gasteiger charge is 2.23. The standard InChI is InChI=1S/C21H30N4O3S/c1-14-9-10-17(18(11-14)27-4)28-12-19-23-24-21(25(19)3)29-13-20(26)22-16-8-6-5-7-15(16)2/h9-11,15-16H,5-8,12-13H2,1-4H3,(H,22,26)/t15-,16-/m0/s1. The van der Waals surface area contributed by atoms with Crippen LogP contribution < -0.4 is 14.8 Å². The van der Waals surface area contributed by atoms with Gasteiger partial charge in [0.15, 0.2) is 22.5 Å². The molecule has 8 heteroatoms. The van der Waals surface area contributed by atoms with E-state index in [1.165, 1.54) is 31.0 Å². The van der Waals surface area contributed by atoms with Crippen molar-refractivity contribution in [1.29, 1.82) is 0 Å². The molecule has 1 saturated carbocycles. The van der Waals surface area contributed by atoms with Gasteiger partial charge in [-0.15, -0.1) is 10.2 Å². The predicted molar refractivity (Wildman–Crippen MR) is 113 cm³/mol. The van der Waals surface area contributed by atoms with Crippen molar-refractivity contribution in [2.45, 2.75) is 57.3 Å². The molecule has 0 aliphatic heterocycles. The molecule has 0 spiro atoms. The van der Waals surface area contributed by atoms with Crippen molar-refractivity contribution in [1.82, 2.24) is 20.1 Å². The number of thioether (sulfide) groups is 1. The van der Waals surface area contributed by atoms with E-state index in [4.69, 9.17) is 9.47 Å². The first kappa shape index (κ1) is 21.5. The van der Waals surface area contributed by atoms with Crippen molar-refractivity contribution in [2.24, 2.45) is 13.0 Å². The van der Waals surface area contributed by atoms with E-state index in [2.05, 4.69) is 22.4 Å². The van der Waals surface area contributed by atoms with Crippen molar-refractivity contribution >= 4 is 17.7 Å². The normalized spacial score (nSPS) is 19.0. The number of hydrogen-bond acceptors (Lipinski definition) is 6. The fourth-order valence-corrected chi connectivity index (χ4v) is 4.28. The number of amides is 1. The van der Waals surface area contributed by atoms with Crippen molar-refractivity contribution in [3.8, 4) is 11.5 Å². The van der Waals surface area contributed by atoms with Gasteiger partial charge in [-0.1, -0.05) is 37.6 Å². The van der Waals surface area contributed by atoms with Crippen LogP contribution in [0.15, 0.2) is 23.4 Å². The van der Waals surface area contributed by atoms with Crippen molar-refractivity contribution in [2.75, 3.05) is 12.9 Å². The summed E-state index contributed by atoms with van der Waals surface area (Å²) in [7, 11) is 3.51. The van der Waals surface area contributed by atoms with E-state index >= 15 is 0 Å². The summed E-state index contributed by atoms with van der Waals surface area (Å²) >= 11 is 1.39. The molecule has 0 saturated heterocycles. The third-order valence-corrected chi connectivity index (χ3v) is 6.41. The highest BCUT2D eigenvalue weighted by atomic mass is 32.2. The summed E-state index contributed by atoms with van der Waals surface area (Å²) < 4.78 is 13.1. The number of methoxy groups -OCH3 is 1. The summed E-state index contributed by atoms with van der Waals surface area (Å²) in [6.07, 6.45) is 4.73. The lowest BCUT2D eigenvalue weighted by atomic mass is 9.86. The number of carbonyl (C=O) groups is 1. The van der Waals surface area contributed by atoms with Crippen LogP contribution in [-0.2, 0) is 18.4 Å². The third kappa shape index (κ3) is 5.65. The smallest absolute Gasteiger partial charge is 0.230 e. The van der Waals surface area contributed by atoms with Crippen LogP contribution >= 0.6 is 11.8 Å². The van der Waals surface area contributed by atoms with Gasteiger partial charge in [-0.25, -0.2) is 0 Å². The van der Waals surface area contributed by atoms with Crippen LogP contribution in [0.5, 0.6) is 11.5 Å². The first-order chi connectivity index (χ1) is 14.0. The molecule has 1 aliphatic carbocycles. The van der Waals surface area contributed by atoms with Crippen LogP contribution in [0.3, 0.4) is 0 Å². The molecule has 2 atom stereocenters. The lowest BCUT2D eigenvalue weighted by Crippen LogP contribution is -2.41. The zero-order valence-corrected chi connectivity index (χ0v) is 18.4. The van der Waals surface area contributed by atoms with E-state index in [0.717, 1.165) is 12.0 Å². The molecule has 1 N–H and O–H groups in total. The maximum absolute atomic E-state index is 12.3. The van der Waals surface area contributed by atoms with Gasteiger partial charge in [0.25, 0.3) is 0 Å². The lowest BCUT2D eigenvalue weighted by Gasteiger charge is -2.29. The Morgan fingerprint density at radius 3 is 2.83 bits per heavy atom. The summed E-state index contributed by atoms with van der Waals surface area (Å²) in [4.78, 5) is 12.3. The Hall–Kier alpha value is -2.22. The number of aromatic nitrogens is 3. The van der Waals surface area contributed by atoms with Gasteiger partial charge < -0.3 is 19.4 Å². The molecule has 158 valence electrons. The zero-order valence-electron chi connectivity index (χ0n) is 17.6. The van der Waals surface area contributed by atoms with Crippen molar-refractivity contribution in [3.05, 3.63) is 29.6 Å². The molecule has 1 aromatic heterocycles. The van der Waals surface area contributed by atoms with Gasteiger partial charge in [0, 0.05) is 13.1 Å². The van der Waals surface area contributed by atoms with Crippen LogP contribution in [0.25, 0.3) is 0 Å². The Morgan fingerprint density at radius 1 is 1.28 bits per heavy atom. The maximum Gasteiger partial charge on any atom is 0.230 e. The maximum atomic E-state index is 12.3. The quantitative estimate of drug-likeness (QED) is 0.661. The summed E-state index contributed by atoms with van der Waals surface area (Å²) in [6.45, 7) is 4.49. The summed E-state index contributed by atoms with van der Waals surface area (Å²) in [5.41, 5.74) is 1.10. The minimum Gasteiger partial charge on any atom is -0.493 e. The van der Waals surface area contributed by atoms with Gasteiger partial charge in [-0.05, 0) is 43.4 Å². The van der Waals surface area contributed by atoms with Crippen LogP contribution in [0.2, 0.25) is 0 Å². The summed E-state index contributed by atoms with van der Waals surface area (Å²) in [5.74, 6) is 2.99. The minimum atomic E-state index is 0.0546. The summed E-state index contributed by atoms with van der Waals surface area (Å²) in [5, 5.41) is 12.3. The third-order valence-electron chi connectivity index (χ3n) is 5.39. The molecule has 0 bridgehead atoms. The van der Waals surface area contributed by atoms with Crippen molar-refractivity contribution in [3.63, 3.8) is 0 Å². The molecule has 2 aromatic rings. The Labute approximate surface area is 176 Å². The van der Waals surface area contributed by atoms with Crippen molar-refractivity contribution < 1.29 is 14.3 Å². The van der Waals surface area contributed by atoms with E-state index in [0.29, 0.717) is 40.2 Å². The molecule has 7 nitrogen and oxygen atoms in total. The molecule has 0 unspecified atom stereocenters. The molecule has 1 aliphatic rings. The molecular formula is C21H30N4O3S. The van der Waals surface area contributed by atoms with E-state index in [-0.39, 0.29) is 12.5 Å². The van der Waals surface area contributed by atoms with E-state index in [1.54, 1.807) is 7.11 Å². The lowest BCUT2D eigenvalue weighted by molar-refractivity contribution is -0.119. The SMILES string of the molecule is COc1cc(C)ccc1OCc1nnc(SCC(=O)N[C@H]2CCCC[C@@H]2C)n1C. The Morgan fingerprint density at radius 2 is 2.07 bits per heavy atom. The van der Waals surface area contributed by atoms with Gasteiger partial charge in [0.05, 0.1) is 12.9 Å². The number of aryl methyl sites for hydroxylation is 1. The van der Waals surface area contributed by atoms with Gasteiger partial charge in [0.1, 0.15) is 6.61 Å². The van der Waals surface area contributed by atoms with Gasteiger partial charge in [0.2, 0.25) is 5.91 Å². The number of hydrogen-bond donors (Lipinski definition) is 1. The summed E-state index contributed by atoms with van der Waals surface area (Å²) in [6, 6.07) is 6.09. The van der Waals surface area contributed by atoms with E-state index < -0.39 is 0 Å². The molecule has 1 amide bonds. The number of nitrogens with one attached hydrogen (secondary N) is 1. The largest absolute Gasteiger partial charge is 0.493 e. The fraction of sp³-hybridized carbons (Fsp3) is 0.571. The van der Waals surface area contributed by atoms with E-state index in [9.17, 15) is 4.79 Å². The average molecular weight is 419 g/mol. The number of rotatable bonds is 8. The van der Waals surface area contributed by atoms with Crippen LogP contribution in [0.4, 0.5) is 0 Å². The fourth-order valence-electron chi connectivity index (χ4n) is 3.54. The van der Waals surface area contributed by atoms with E-state index in [1.807, 2.05) is 36.7 Å². The molecule has 0 radical (unpaired) electrons. The molecule has 1 heterocycles. The minimum absolute atomic E-state index is 0.0546. The first-order valence-corrected chi connectivity index (χ1v) is 11.0. The number of ether oxygens (including phenoxy) is 2. The van der Waals surface area contributed by atoms with Crippen LogP contribution in [-0.4, -0.2) is 39.6 Å². The second kappa shape index (κ2) is 10.0. The van der Waals surface area contributed by atoms with Gasteiger partial charge >= 0.3 is 0 Å². The zero-order chi connectivity index (χ0) is 20.8. The second-order valence-electron chi connectivity index (χ2n) is 7.63. The van der Waals surface area contributed by atoms with Gasteiger partial charge in [-0.2, -0.15) is 0 Å². The molecule has 29 heavy (non-hydrogen) atoms. The topological polar surface area (TPSA) is 78.3 Å². The highest BCUT2D eigenvalue weighted by molar-refractivity contribution is 7.99. The predicted octanol–water partition coefficient (Wildman–Crippen LogP) is 3.50. The molecule has 1 aromatic carbocycles. The number of carbonyl (C=O) groups excluding carboxylic acids is 1. The van der Waals surface area contributed by atoms with Crippen LogP contribution in [0.1, 0.15) is 44.0 Å².